The molecule has 0 aliphatic carbocycles. The van der Waals surface area contributed by atoms with Gasteiger partial charge in [-0.3, -0.25) is 0 Å². The third kappa shape index (κ3) is 3.56. The van der Waals surface area contributed by atoms with Gasteiger partial charge in [0, 0.05) is 7.05 Å². The minimum absolute atomic E-state index is 0.186. The standard InChI is InChI=1S/C22H18N2O2S2/c1-24-20(17-11-5-2-6-12-17)21(18-13-7-3-8-14-18)27-22(24)23-28(25,26)19-15-9-4-10-16-19/h2-16H,1H3. The van der Waals surface area contributed by atoms with Gasteiger partial charge in [-0.1, -0.05) is 90.2 Å². The predicted octanol–water partition coefficient (Wildman–Crippen LogP) is 4.71. The van der Waals surface area contributed by atoms with Crippen LogP contribution in [0, 0.1) is 0 Å². The molecule has 0 aliphatic heterocycles. The zero-order valence-electron chi connectivity index (χ0n) is 15.2. The molecular weight excluding hydrogens is 388 g/mol. The van der Waals surface area contributed by atoms with Crippen LogP contribution in [0.3, 0.4) is 0 Å². The Bertz CT molecular complexity index is 1260. The highest BCUT2D eigenvalue weighted by Crippen LogP contribution is 2.34. The fourth-order valence-electron chi connectivity index (χ4n) is 2.99. The Morgan fingerprint density at radius 3 is 1.82 bits per heavy atom. The lowest BCUT2D eigenvalue weighted by molar-refractivity contribution is 0.596. The summed E-state index contributed by atoms with van der Waals surface area (Å²) in [4.78, 5) is 1.60. The van der Waals surface area contributed by atoms with Crippen LogP contribution in [0.15, 0.2) is 100 Å². The monoisotopic (exact) mass is 406 g/mol. The van der Waals surface area contributed by atoms with Crippen LogP contribution in [0.5, 0.6) is 0 Å². The maximum atomic E-state index is 12.8. The van der Waals surface area contributed by atoms with Crippen molar-refractivity contribution in [2.45, 2.75) is 4.90 Å². The molecule has 4 nitrogen and oxygen atoms in total. The summed E-state index contributed by atoms with van der Waals surface area (Å²) in [6.07, 6.45) is 0. The second-order valence-electron chi connectivity index (χ2n) is 6.23. The lowest BCUT2D eigenvalue weighted by Gasteiger charge is -2.07. The summed E-state index contributed by atoms with van der Waals surface area (Å²) in [5, 5.41) is 0. The smallest absolute Gasteiger partial charge is 0.285 e. The highest BCUT2D eigenvalue weighted by molar-refractivity contribution is 7.90. The Morgan fingerprint density at radius 1 is 0.750 bits per heavy atom. The summed E-state index contributed by atoms with van der Waals surface area (Å²) in [7, 11) is -1.94. The molecule has 6 heteroatoms. The van der Waals surface area contributed by atoms with Gasteiger partial charge in [0.2, 0.25) is 4.80 Å². The molecule has 0 atom stereocenters. The molecular formula is C22H18N2O2S2. The van der Waals surface area contributed by atoms with Gasteiger partial charge in [0.25, 0.3) is 10.0 Å². The van der Waals surface area contributed by atoms with Crippen LogP contribution < -0.4 is 4.80 Å². The van der Waals surface area contributed by atoms with E-state index in [1.165, 1.54) is 11.3 Å². The normalized spacial score (nSPS) is 12.2. The number of hydrogen-bond acceptors (Lipinski definition) is 3. The molecule has 0 amide bonds. The van der Waals surface area contributed by atoms with E-state index in [0.29, 0.717) is 4.80 Å². The van der Waals surface area contributed by atoms with Crippen molar-refractivity contribution in [3.63, 3.8) is 0 Å². The summed E-state index contributed by atoms with van der Waals surface area (Å²) in [6.45, 7) is 0. The molecule has 0 unspecified atom stereocenters. The molecule has 0 spiro atoms. The first kappa shape index (κ1) is 18.4. The molecule has 0 aliphatic rings. The van der Waals surface area contributed by atoms with E-state index in [0.717, 1.165) is 21.7 Å². The minimum Gasteiger partial charge on any atom is -0.318 e. The molecule has 140 valence electrons. The zero-order chi connectivity index (χ0) is 19.6. The summed E-state index contributed by atoms with van der Waals surface area (Å²) in [5.41, 5.74) is 2.98. The first-order valence-electron chi connectivity index (χ1n) is 8.73. The highest BCUT2D eigenvalue weighted by Gasteiger charge is 2.18. The Labute approximate surface area is 168 Å². The molecule has 0 saturated carbocycles. The summed E-state index contributed by atoms with van der Waals surface area (Å²) in [5.74, 6) is 0. The van der Waals surface area contributed by atoms with Crippen molar-refractivity contribution in [1.29, 1.82) is 0 Å². The highest BCUT2D eigenvalue weighted by atomic mass is 32.2. The molecule has 0 saturated heterocycles. The Balaban J connectivity index is 1.97. The van der Waals surface area contributed by atoms with Gasteiger partial charge < -0.3 is 4.57 Å². The minimum atomic E-state index is -3.79. The first-order valence-corrected chi connectivity index (χ1v) is 11.0. The van der Waals surface area contributed by atoms with E-state index in [9.17, 15) is 8.42 Å². The van der Waals surface area contributed by atoms with Crippen LogP contribution >= 0.6 is 11.3 Å². The second-order valence-corrected chi connectivity index (χ2v) is 8.81. The van der Waals surface area contributed by atoms with Crippen LogP contribution in [0.25, 0.3) is 21.7 Å². The van der Waals surface area contributed by atoms with Crippen LogP contribution in [-0.4, -0.2) is 13.0 Å². The third-order valence-electron chi connectivity index (χ3n) is 4.35. The summed E-state index contributed by atoms with van der Waals surface area (Å²) in [6, 6.07) is 28.2. The van der Waals surface area contributed by atoms with Gasteiger partial charge in [-0.25, -0.2) is 0 Å². The van der Waals surface area contributed by atoms with Crippen molar-refractivity contribution in [3.8, 4) is 21.7 Å². The Morgan fingerprint density at radius 2 is 1.25 bits per heavy atom. The van der Waals surface area contributed by atoms with Gasteiger partial charge in [0.1, 0.15) is 0 Å². The Hall–Kier alpha value is -2.96. The van der Waals surface area contributed by atoms with E-state index in [4.69, 9.17) is 0 Å². The van der Waals surface area contributed by atoms with Gasteiger partial charge in [-0.2, -0.15) is 8.42 Å². The number of benzene rings is 3. The van der Waals surface area contributed by atoms with E-state index in [2.05, 4.69) is 4.40 Å². The van der Waals surface area contributed by atoms with Gasteiger partial charge >= 0.3 is 0 Å². The van der Waals surface area contributed by atoms with Crippen molar-refractivity contribution in [1.82, 2.24) is 4.57 Å². The number of rotatable bonds is 4. The average molecular weight is 407 g/mol. The molecule has 0 N–H and O–H groups in total. The van der Waals surface area contributed by atoms with Crippen LogP contribution in [0.1, 0.15) is 0 Å². The van der Waals surface area contributed by atoms with E-state index in [1.54, 1.807) is 30.3 Å². The molecule has 28 heavy (non-hydrogen) atoms. The van der Waals surface area contributed by atoms with Crippen molar-refractivity contribution in [2.75, 3.05) is 0 Å². The Kier molecular flexibility index (Phi) is 4.98. The zero-order valence-corrected chi connectivity index (χ0v) is 16.8. The largest absolute Gasteiger partial charge is 0.318 e. The van der Waals surface area contributed by atoms with Gasteiger partial charge in [0.15, 0.2) is 0 Å². The van der Waals surface area contributed by atoms with Gasteiger partial charge in [0.05, 0.1) is 15.5 Å². The molecule has 3 aromatic carbocycles. The maximum Gasteiger partial charge on any atom is 0.285 e. The third-order valence-corrected chi connectivity index (χ3v) is 6.93. The first-order chi connectivity index (χ1) is 13.6. The summed E-state index contributed by atoms with van der Waals surface area (Å²) >= 11 is 1.37. The molecule has 0 bridgehead atoms. The van der Waals surface area contributed by atoms with Crippen molar-refractivity contribution >= 4 is 21.4 Å². The maximum absolute atomic E-state index is 12.8. The van der Waals surface area contributed by atoms with Crippen molar-refractivity contribution in [2.24, 2.45) is 11.4 Å². The SMILES string of the molecule is Cn1c(-c2ccccc2)c(-c2ccccc2)sc1=NS(=O)(=O)c1ccccc1. The fourth-order valence-corrected chi connectivity index (χ4v) is 5.38. The summed E-state index contributed by atoms with van der Waals surface area (Å²) < 4.78 is 31.5. The number of sulfonamides is 1. The quantitative estimate of drug-likeness (QED) is 0.493. The van der Waals surface area contributed by atoms with Crippen LogP contribution in [0.2, 0.25) is 0 Å². The van der Waals surface area contributed by atoms with Gasteiger partial charge in [-0.15, -0.1) is 4.40 Å². The lowest BCUT2D eigenvalue weighted by atomic mass is 10.1. The molecule has 4 aromatic rings. The lowest BCUT2D eigenvalue weighted by Crippen LogP contribution is -2.14. The number of hydrogen-bond donors (Lipinski definition) is 0. The second kappa shape index (κ2) is 7.58. The van der Waals surface area contributed by atoms with Crippen LogP contribution in [0.4, 0.5) is 0 Å². The molecule has 1 aromatic heterocycles. The van der Waals surface area contributed by atoms with Crippen molar-refractivity contribution in [3.05, 3.63) is 95.8 Å². The predicted molar refractivity (Wildman–Crippen MR) is 113 cm³/mol. The van der Waals surface area contributed by atoms with E-state index < -0.39 is 10.0 Å². The number of thiazole rings is 1. The average Bonchev–Trinajstić information content (AvgIpc) is 3.05. The van der Waals surface area contributed by atoms with E-state index in [-0.39, 0.29) is 4.90 Å². The number of aromatic nitrogens is 1. The number of nitrogens with zero attached hydrogens (tertiary/aromatic N) is 2. The van der Waals surface area contributed by atoms with Crippen LogP contribution in [-0.2, 0) is 17.1 Å². The van der Waals surface area contributed by atoms with Gasteiger partial charge in [-0.05, 0) is 23.3 Å². The molecule has 4 rings (SSSR count). The molecule has 0 fully saturated rings. The van der Waals surface area contributed by atoms with Crippen molar-refractivity contribution < 1.29 is 8.42 Å². The molecule has 0 radical (unpaired) electrons. The fraction of sp³-hybridized carbons (Fsp3) is 0.0455. The van der Waals surface area contributed by atoms with E-state index >= 15 is 0 Å². The van der Waals surface area contributed by atoms with E-state index in [1.807, 2.05) is 72.3 Å². The molecule has 1 heterocycles. The topological polar surface area (TPSA) is 51.4 Å².